The Balaban J connectivity index is 1.84. The first-order valence-corrected chi connectivity index (χ1v) is 8.03. The number of nitro benzene ring substituents is 1. The smallest absolute Gasteiger partial charge is 0.292 e. The number of nitrogens with zero attached hydrogens (tertiary/aromatic N) is 2. The first-order valence-electron chi connectivity index (χ1n) is 8.03. The van der Waals surface area contributed by atoms with Crippen LogP contribution in [0.25, 0.3) is 0 Å². The van der Waals surface area contributed by atoms with Crippen LogP contribution in [0.15, 0.2) is 42.5 Å². The number of nitrogens with one attached hydrogen (secondary N) is 1. The van der Waals surface area contributed by atoms with Gasteiger partial charge in [0.25, 0.3) is 11.6 Å². The Hall–Kier alpha value is -3.13. The van der Waals surface area contributed by atoms with E-state index in [1.807, 2.05) is 0 Å². The van der Waals surface area contributed by atoms with Crippen LogP contribution in [0.5, 0.6) is 5.75 Å². The van der Waals surface area contributed by atoms with E-state index in [0.717, 1.165) is 0 Å². The van der Waals surface area contributed by atoms with Crippen molar-refractivity contribution in [3.63, 3.8) is 0 Å². The maximum atomic E-state index is 12.5. The van der Waals surface area contributed by atoms with Crippen molar-refractivity contribution in [2.75, 3.05) is 32.6 Å². The number of methoxy groups -OCH3 is 2. The number of ether oxygens (including phenoxy) is 2. The first kappa shape index (κ1) is 17.7. The maximum absolute atomic E-state index is 12.5. The Kier molecular flexibility index (Phi) is 5.04. The number of nitro groups is 1. The van der Waals surface area contributed by atoms with Gasteiger partial charge in [-0.25, -0.2) is 0 Å². The van der Waals surface area contributed by atoms with Crippen molar-refractivity contribution >= 4 is 23.0 Å². The van der Waals surface area contributed by atoms with Crippen LogP contribution in [0.2, 0.25) is 0 Å². The van der Waals surface area contributed by atoms with E-state index < -0.39 is 4.92 Å². The fourth-order valence-electron chi connectivity index (χ4n) is 2.69. The van der Waals surface area contributed by atoms with Gasteiger partial charge < -0.3 is 19.7 Å². The number of amides is 1. The largest absolute Gasteiger partial charge is 0.497 e. The van der Waals surface area contributed by atoms with Crippen LogP contribution in [-0.2, 0) is 4.74 Å². The normalized spacial score (nSPS) is 13.8. The first-order chi connectivity index (χ1) is 12.5. The molecule has 1 amide bonds. The molecule has 0 aliphatic carbocycles. The molecule has 1 heterocycles. The highest BCUT2D eigenvalue weighted by Crippen LogP contribution is 2.30. The third kappa shape index (κ3) is 3.60. The van der Waals surface area contributed by atoms with Gasteiger partial charge >= 0.3 is 0 Å². The Labute approximate surface area is 150 Å². The monoisotopic (exact) mass is 357 g/mol. The lowest BCUT2D eigenvalue weighted by Gasteiger charge is -2.38. The molecule has 0 unspecified atom stereocenters. The van der Waals surface area contributed by atoms with Gasteiger partial charge in [0.1, 0.15) is 11.4 Å². The summed E-state index contributed by atoms with van der Waals surface area (Å²) in [6.07, 6.45) is 0.0499. The Morgan fingerprint density at radius 2 is 1.88 bits per heavy atom. The molecule has 0 aromatic heterocycles. The third-order valence-electron chi connectivity index (χ3n) is 4.28. The Morgan fingerprint density at radius 1 is 1.19 bits per heavy atom. The summed E-state index contributed by atoms with van der Waals surface area (Å²) in [5, 5.41) is 14.3. The fraction of sp³-hybridized carbons (Fsp3) is 0.278. The minimum Gasteiger partial charge on any atom is -0.497 e. The molecule has 3 rings (SSSR count). The van der Waals surface area contributed by atoms with Crippen LogP contribution < -0.4 is 10.1 Å². The van der Waals surface area contributed by atoms with Crippen molar-refractivity contribution in [3.8, 4) is 5.75 Å². The van der Waals surface area contributed by atoms with Crippen molar-refractivity contribution in [3.05, 3.63) is 58.1 Å². The van der Waals surface area contributed by atoms with Gasteiger partial charge in [0.15, 0.2) is 0 Å². The van der Waals surface area contributed by atoms with E-state index in [9.17, 15) is 14.9 Å². The quantitative estimate of drug-likeness (QED) is 0.631. The van der Waals surface area contributed by atoms with Crippen LogP contribution in [0.4, 0.5) is 17.1 Å². The molecule has 1 aliphatic heterocycles. The molecule has 1 aliphatic rings. The molecule has 2 aromatic rings. The van der Waals surface area contributed by atoms with Gasteiger partial charge in [-0.3, -0.25) is 14.9 Å². The number of carbonyl (C=O) groups excluding carboxylic acids is 1. The molecule has 1 fully saturated rings. The van der Waals surface area contributed by atoms with E-state index in [-0.39, 0.29) is 23.4 Å². The molecule has 0 atom stereocenters. The second kappa shape index (κ2) is 7.40. The van der Waals surface area contributed by atoms with Crippen LogP contribution in [0.3, 0.4) is 0 Å². The zero-order chi connectivity index (χ0) is 18.7. The minimum absolute atomic E-state index is 0.0499. The molecule has 2 aromatic carbocycles. The Morgan fingerprint density at radius 3 is 2.46 bits per heavy atom. The van der Waals surface area contributed by atoms with E-state index >= 15 is 0 Å². The molecule has 8 nitrogen and oxygen atoms in total. The summed E-state index contributed by atoms with van der Waals surface area (Å²) in [6, 6.07) is 11.3. The van der Waals surface area contributed by atoms with Gasteiger partial charge in [0.05, 0.1) is 18.1 Å². The highest BCUT2D eigenvalue weighted by Gasteiger charge is 2.31. The number of hydrogen-bond acceptors (Lipinski definition) is 6. The highest BCUT2D eigenvalue weighted by atomic mass is 16.6. The van der Waals surface area contributed by atoms with Gasteiger partial charge in [-0.2, -0.15) is 0 Å². The van der Waals surface area contributed by atoms with Crippen molar-refractivity contribution < 1.29 is 19.2 Å². The van der Waals surface area contributed by atoms with E-state index in [1.54, 1.807) is 43.4 Å². The summed E-state index contributed by atoms with van der Waals surface area (Å²) in [4.78, 5) is 25.0. The summed E-state index contributed by atoms with van der Waals surface area (Å²) < 4.78 is 10.3. The number of rotatable bonds is 6. The molecular weight excluding hydrogens is 338 g/mol. The van der Waals surface area contributed by atoms with E-state index in [0.29, 0.717) is 30.1 Å². The number of hydrogen-bond donors (Lipinski definition) is 1. The summed E-state index contributed by atoms with van der Waals surface area (Å²) in [5.41, 5.74) is 1.20. The number of anilines is 2. The zero-order valence-corrected chi connectivity index (χ0v) is 14.5. The molecule has 26 heavy (non-hydrogen) atoms. The molecular formula is C18H19N3O5. The van der Waals surface area contributed by atoms with Crippen molar-refractivity contribution in [1.82, 2.24) is 4.90 Å². The SMILES string of the molecule is COc1ccc(Nc2cc(C(=O)N3CC(OC)C3)ccc2[N+](=O)[O-])cc1. The summed E-state index contributed by atoms with van der Waals surface area (Å²) in [7, 11) is 3.17. The number of carbonyl (C=O) groups is 1. The molecule has 1 N–H and O–H groups in total. The molecule has 0 saturated carbocycles. The van der Waals surface area contributed by atoms with Gasteiger partial charge in [-0.15, -0.1) is 0 Å². The second-order valence-electron chi connectivity index (χ2n) is 5.91. The van der Waals surface area contributed by atoms with Crippen molar-refractivity contribution in [1.29, 1.82) is 0 Å². The standard InChI is InChI=1S/C18H19N3O5/c1-25-14-6-4-13(5-7-14)19-16-9-12(3-8-17(16)21(23)24)18(22)20-10-15(11-20)26-2/h3-9,15,19H,10-11H2,1-2H3. The third-order valence-corrected chi connectivity index (χ3v) is 4.28. The summed E-state index contributed by atoms with van der Waals surface area (Å²) in [6.45, 7) is 1.04. The van der Waals surface area contributed by atoms with Crippen LogP contribution in [0, 0.1) is 10.1 Å². The van der Waals surface area contributed by atoms with Gasteiger partial charge in [-0.05, 0) is 36.4 Å². The van der Waals surface area contributed by atoms with Crippen molar-refractivity contribution in [2.24, 2.45) is 0 Å². The molecule has 0 spiro atoms. The van der Waals surface area contributed by atoms with Crippen molar-refractivity contribution in [2.45, 2.75) is 6.10 Å². The topological polar surface area (TPSA) is 93.9 Å². The number of likely N-dealkylation sites (tertiary alicyclic amines) is 1. The second-order valence-corrected chi connectivity index (χ2v) is 5.91. The lowest BCUT2D eigenvalue weighted by atomic mass is 10.1. The van der Waals surface area contributed by atoms with Gasteiger partial charge in [0.2, 0.25) is 0 Å². The molecule has 0 bridgehead atoms. The van der Waals surface area contributed by atoms with Gasteiger partial charge in [-0.1, -0.05) is 0 Å². The lowest BCUT2D eigenvalue weighted by Crippen LogP contribution is -2.54. The molecule has 8 heteroatoms. The highest BCUT2D eigenvalue weighted by molar-refractivity contribution is 5.96. The summed E-state index contributed by atoms with van der Waals surface area (Å²) >= 11 is 0. The summed E-state index contributed by atoms with van der Waals surface area (Å²) in [5.74, 6) is 0.505. The number of benzene rings is 2. The average molecular weight is 357 g/mol. The van der Waals surface area contributed by atoms with Crippen LogP contribution >= 0.6 is 0 Å². The van der Waals surface area contributed by atoms with Gasteiger partial charge in [0, 0.05) is 37.5 Å². The average Bonchev–Trinajstić information content (AvgIpc) is 2.61. The maximum Gasteiger partial charge on any atom is 0.292 e. The van der Waals surface area contributed by atoms with E-state index in [1.165, 1.54) is 18.2 Å². The minimum atomic E-state index is -0.481. The predicted octanol–water partition coefficient (Wildman–Crippen LogP) is 2.82. The van der Waals surface area contributed by atoms with Crippen LogP contribution in [-0.4, -0.2) is 49.1 Å². The zero-order valence-electron chi connectivity index (χ0n) is 14.5. The molecule has 0 radical (unpaired) electrons. The molecule has 1 saturated heterocycles. The van der Waals surface area contributed by atoms with E-state index in [2.05, 4.69) is 5.32 Å². The van der Waals surface area contributed by atoms with E-state index in [4.69, 9.17) is 9.47 Å². The van der Waals surface area contributed by atoms with Crippen LogP contribution in [0.1, 0.15) is 10.4 Å². The molecule has 136 valence electrons. The lowest BCUT2D eigenvalue weighted by molar-refractivity contribution is -0.383. The predicted molar refractivity (Wildman–Crippen MR) is 96.1 cm³/mol. The Bertz CT molecular complexity index is 816. The fourth-order valence-corrected chi connectivity index (χ4v) is 2.69.